The van der Waals surface area contributed by atoms with E-state index in [1.165, 1.54) is 17.7 Å². The number of rotatable bonds is 7. The summed E-state index contributed by atoms with van der Waals surface area (Å²) in [6.45, 7) is 5.60. The quantitative estimate of drug-likeness (QED) is 0.293. The van der Waals surface area contributed by atoms with Crippen molar-refractivity contribution in [1.82, 2.24) is 20.5 Å². The molecule has 0 aromatic carbocycles. The fourth-order valence-electron chi connectivity index (χ4n) is 3.14. The Morgan fingerprint density at radius 2 is 2.03 bits per heavy atom. The third-order valence-electron chi connectivity index (χ3n) is 4.47. The lowest BCUT2D eigenvalue weighted by molar-refractivity contribution is -0.140. The Hall–Kier alpha value is -0.920. The number of nitrogens with one attached hydrogen (secondary N) is 2. The van der Waals surface area contributed by atoms with Gasteiger partial charge in [-0.25, -0.2) is 9.98 Å². The van der Waals surface area contributed by atoms with Gasteiger partial charge in [-0.1, -0.05) is 6.07 Å². The molecule has 1 aliphatic heterocycles. The molecule has 0 spiro atoms. The molecular weight excluding hydrogens is 534 g/mol. The molecule has 11 heteroatoms. The van der Waals surface area contributed by atoms with Crippen molar-refractivity contribution in [3.8, 4) is 0 Å². The Balaban J connectivity index is 0.00000300. The first-order valence-electron chi connectivity index (χ1n) is 9.28. The maximum Gasteiger partial charge on any atom is 0.434 e. The summed E-state index contributed by atoms with van der Waals surface area (Å²) in [4.78, 5) is 11.8. The van der Waals surface area contributed by atoms with Crippen LogP contribution in [0.25, 0.3) is 0 Å². The zero-order valence-electron chi connectivity index (χ0n) is 16.0. The van der Waals surface area contributed by atoms with Crippen LogP contribution in [-0.4, -0.2) is 42.0 Å². The van der Waals surface area contributed by atoms with Crippen molar-refractivity contribution >= 4 is 52.6 Å². The van der Waals surface area contributed by atoms with E-state index in [1.807, 2.05) is 6.92 Å². The monoisotopic (exact) mass is 559 g/mol. The Morgan fingerprint density at radius 1 is 1.28 bits per heavy atom. The maximum atomic E-state index is 12.7. The normalized spacial score (nSPS) is 16.5. The van der Waals surface area contributed by atoms with E-state index in [9.17, 15) is 13.2 Å². The molecule has 0 saturated carbocycles. The lowest BCUT2D eigenvalue weighted by atomic mass is 10.2. The number of alkyl halides is 3. The van der Waals surface area contributed by atoms with Crippen LogP contribution in [0.4, 0.5) is 13.2 Å². The molecule has 3 rings (SSSR count). The predicted molar refractivity (Wildman–Crippen MR) is 123 cm³/mol. The molecule has 162 valence electrons. The van der Waals surface area contributed by atoms with Crippen LogP contribution in [0, 0.1) is 0 Å². The lowest BCUT2D eigenvalue weighted by Crippen LogP contribution is -2.42. The summed E-state index contributed by atoms with van der Waals surface area (Å²) in [5, 5.41) is 9.97. The number of aromatic nitrogens is 1. The van der Waals surface area contributed by atoms with E-state index >= 15 is 0 Å². The fraction of sp³-hybridized carbons (Fsp3) is 0.556. The summed E-state index contributed by atoms with van der Waals surface area (Å²) in [5.41, 5.74) is -0.854. The molecule has 2 N–H and O–H groups in total. The molecule has 0 amide bonds. The zero-order valence-corrected chi connectivity index (χ0v) is 20.0. The summed E-state index contributed by atoms with van der Waals surface area (Å²) >= 11 is 2.72. The third kappa shape index (κ3) is 7.07. The lowest BCUT2D eigenvalue weighted by Gasteiger charge is -2.27. The summed E-state index contributed by atoms with van der Waals surface area (Å²) in [7, 11) is 0. The van der Waals surface area contributed by atoms with E-state index in [1.54, 1.807) is 11.3 Å². The number of thiophene rings is 1. The van der Waals surface area contributed by atoms with Gasteiger partial charge in [-0.05, 0) is 44.3 Å². The van der Waals surface area contributed by atoms with Crippen LogP contribution in [-0.2, 0) is 12.7 Å². The van der Waals surface area contributed by atoms with Crippen molar-refractivity contribution in [2.75, 3.05) is 26.2 Å². The van der Waals surface area contributed by atoms with E-state index in [0.29, 0.717) is 24.1 Å². The molecule has 2 aromatic heterocycles. The molecule has 0 aliphatic carbocycles. The first-order valence-corrected chi connectivity index (χ1v) is 11.0. The highest BCUT2D eigenvalue weighted by Crippen LogP contribution is 2.30. The number of likely N-dealkylation sites (tertiary alicyclic amines) is 1. The fourth-order valence-corrected chi connectivity index (χ4v) is 4.72. The van der Waals surface area contributed by atoms with Gasteiger partial charge in [0.15, 0.2) is 11.7 Å². The van der Waals surface area contributed by atoms with E-state index < -0.39 is 11.9 Å². The molecule has 1 unspecified atom stereocenters. The Labute approximate surface area is 193 Å². The number of halogens is 4. The highest BCUT2D eigenvalue weighted by Gasteiger charge is 2.33. The molecule has 3 heterocycles. The van der Waals surface area contributed by atoms with Gasteiger partial charge in [0.2, 0.25) is 0 Å². The predicted octanol–water partition coefficient (Wildman–Crippen LogP) is 4.73. The number of thiazole rings is 1. The SMILES string of the molecule is CCNC(=NCc1nc(C(F)(F)F)cs1)NCC(c1cccs1)N1CCCC1.I. The first kappa shape index (κ1) is 24.4. The van der Waals surface area contributed by atoms with Crippen LogP contribution in [0.1, 0.15) is 41.4 Å². The largest absolute Gasteiger partial charge is 0.434 e. The zero-order chi connectivity index (χ0) is 20.0. The molecular formula is C18H25F3IN5S2. The molecule has 29 heavy (non-hydrogen) atoms. The first-order chi connectivity index (χ1) is 13.5. The summed E-state index contributed by atoms with van der Waals surface area (Å²) in [6.07, 6.45) is -1.99. The Bertz CT molecular complexity index is 758. The molecule has 1 saturated heterocycles. The van der Waals surface area contributed by atoms with Crippen molar-refractivity contribution in [2.24, 2.45) is 4.99 Å². The number of hydrogen-bond donors (Lipinski definition) is 2. The van der Waals surface area contributed by atoms with Gasteiger partial charge in [0.1, 0.15) is 5.01 Å². The molecule has 1 atom stereocenters. The second-order valence-electron chi connectivity index (χ2n) is 6.47. The van der Waals surface area contributed by atoms with E-state index in [0.717, 1.165) is 29.8 Å². The highest BCUT2D eigenvalue weighted by atomic mass is 127. The van der Waals surface area contributed by atoms with Crippen LogP contribution in [0.3, 0.4) is 0 Å². The number of nitrogens with zero attached hydrogens (tertiary/aromatic N) is 3. The average molecular weight is 559 g/mol. The standard InChI is InChI=1S/C18H24F3N5S2.HI/c1-2-22-17(24-11-16-25-15(12-28-16)18(19,20)21)23-10-13(14-6-5-9-27-14)26-7-3-4-8-26;/h5-6,9,12-13H,2-4,7-8,10-11H2,1H3,(H2,22,23,24);1H. The van der Waals surface area contributed by atoms with Crippen LogP contribution in [0.15, 0.2) is 27.9 Å². The van der Waals surface area contributed by atoms with E-state index in [2.05, 4.69) is 43.0 Å². The summed E-state index contributed by atoms with van der Waals surface area (Å²) < 4.78 is 38.1. The van der Waals surface area contributed by atoms with Crippen molar-refractivity contribution in [3.63, 3.8) is 0 Å². The van der Waals surface area contributed by atoms with Crippen LogP contribution >= 0.6 is 46.7 Å². The van der Waals surface area contributed by atoms with Gasteiger partial charge in [0.05, 0.1) is 12.6 Å². The van der Waals surface area contributed by atoms with E-state index in [-0.39, 0.29) is 36.6 Å². The average Bonchev–Trinajstić information content (AvgIpc) is 3.41. The topological polar surface area (TPSA) is 52.6 Å². The minimum Gasteiger partial charge on any atom is -0.357 e. The number of aliphatic imine (C=N–C) groups is 1. The van der Waals surface area contributed by atoms with Crippen LogP contribution in [0.2, 0.25) is 0 Å². The van der Waals surface area contributed by atoms with Crippen LogP contribution in [0.5, 0.6) is 0 Å². The van der Waals surface area contributed by atoms with E-state index in [4.69, 9.17) is 0 Å². The molecule has 0 bridgehead atoms. The van der Waals surface area contributed by atoms with Gasteiger partial charge in [-0.15, -0.1) is 46.7 Å². The second-order valence-corrected chi connectivity index (χ2v) is 8.40. The van der Waals surface area contributed by atoms with Gasteiger partial charge < -0.3 is 10.6 Å². The van der Waals surface area contributed by atoms with Gasteiger partial charge in [-0.2, -0.15) is 13.2 Å². The molecule has 1 aliphatic rings. The highest BCUT2D eigenvalue weighted by molar-refractivity contribution is 14.0. The van der Waals surface area contributed by atoms with Crippen molar-refractivity contribution in [1.29, 1.82) is 0 Å². The van der Waals surface area contributed by atoms with Gasteiger partial charge in [-0.3, -0.25) is 4.90 Å². The smallest absolute Gasteiger partial charge is 0.357 e. The molecule has 0 radical (unpaired) electrons. The third-order valence-corrected chi connectivity index (χ3v) is 6.28. The number of hydrogen-bond acceptors (Lipinski definition) is 5. The Kier molecular flexibility index (Phi) is 9.63. The minimum atomic E-state index is -4.41. The minimum absolute atomic E-state index is 0. The molecule has 5 nitrogen and oxygen atoms in total. The number of guanidine groups is 1. The van der Waals surface area contributed by atoms with Gasteiger partial charge in [0.25, 0.3) is 0 Å². The van der Waals surface area contributed by atoms with Crippen LogP contribution < -0.4 is 10.6 Å². The molecule has 1 fully saturated rings. The molecule has 2 aromatic rings. The van der Waals surface area contributed by atoms with Gasteiger partial charge in [0, 0.05) is 23.3 Å². The van der Waals surface area contributed by atoms with Crippen molar-refractivity contribution < 1.29 is 13.2 Å². The van der Waals surface area contributed by atoms with Gasteiger partial charge >= 0.3 is 6.18 Å². The Morgan fingerprint density at radius 3 is 2.62 bits per heavy atom. The second kappa shape index (κ2) is 11.5. The van der Waals surface area contributed by atoms with Crippen molar-refractivity contribution in [3.05, 3.63) is 38.5 Å². The maximum absolute atomic E-state index is 12.7. The van der Waals surface area contributed by atoms with Crippen molar-refractivity contribution in [2.45, 2.75) is 38.5 Å². The summed E-state index contributed by atoms with van der Waals surface area (Å²) in [5.74, 6) is 0.590. The summed E-state index contributed by atoms with van der Waals surface area (Å²) in [6, 6.07) is 4.47.